The lowest BCUT2D eigenvalue weighted by Crippen LogP contribution is -2.46. The first-order valence-corrected chi connectivity index (χ1v) is 12.9. The van der Waals surface area contributed by atoms with Crippen LogP contribution in [0.1, 0.15) is 48.1 Å². The molecule has 9 nitrogen and oxygen atoms in total. The average molecular weight is 540 g/mol. The predicted molar refractivity (Wildman–Crippen MR) is 144 cm³/mol. The van der Waals surface area contributed by atoms with Crippen molar-refractivity contribution in [1.82, 2.24) is 9.88 Å². The number of fused-ring (bicyclic) bond motifs is 1. The molecule has 1 amide bonds. The van der Waals surface area contributed by atoms with Gasteiger partial charge in [-0.15, -0.1) is 0 Å². The second-order valence-corrected chi connectivity index (χ2v) is 10.9. The summed E-state index contributed by atoms with van der Waals surface area (Å²) < 4.78 is 33.1. The number of anilines is 2. The maximum absolute atomic E-state index is 16.1. The summed E-state index contributed by atoms with van der Waals surface area (Å²) in [6.45, 7) is 2.68. The number of nitrogen functional groups attached to an aromatic ring is 1. The third-order valence-corrected chi connectivity index (χ3v) is 7.73. The molecule has 5 rings (SSSR count). The molecular weight excluding hydrogens is 508 g/mol. The summed E-state index contributed by atoms with van der Waals surface area (Å²) in [6, 6.07) is 8.49. The Morgan fingerprint density at radius 2 is 1.90 bits per heavy atom. The summed E-state index contributed by atoms with van der Waals surface area (Å²) in [7, 11) is 0. The van der Waals surface area contributed by atoms with Gasteiger partial charge in [-0.05, 0) is 31.2 Å². The maximum Gasteiger partial charge on any atom is 0.341 e. The van der Waals surface area contributed by atoms with E-state index in [4.69, 9.17) is 11.5 Å². The molecule has 0 unspecified atom stereocenters. The standard InChI is InChI=1S/C28H31F2N5O4/c1-28(13-33-26(37)18(31)11-15-5-3-2-4-6-15)9-10-34(14-28)24-20(29)22(32)19-23(21(24)30)35(16-7-8-16)12-17(25(19)36)27(38)39/h2-6,12,16,18H,7-11,13-14,31-32H2,1H3,(H,33,37)(H,38,39)/t18-,28-/m0/s1. The molecule has 1 aliphatic heterocycles. The van der Waals surface area contributed by atoms with Crippen LogP contribution in [0, 0.1) is 17.0 Å². The fourth-order valence-electron chi connectivity index (χ4n) is 5.37. The summed E-state index contributed by atoms with van der Waals surface area (Å²) in [5, 5.41) is 11.9. The van der Waals surface area contributed by atoms with Crippen LogP contribution in [0.2, 0.25) is 0 Å². The number of carboxylic acid groups (broad SMARTS) is 1. The second kappa shape index (κ2) is 9.96. The molecule has 11 heteroatoms. The highest BCUT2D eigenvalue weighted by Gasteiger charge is 2.39. The van der Waals surface area contributed by atoms with Gasteiger partial charge in [0.2, 0.25) is 11.3 Å². The number of rotatable bonds is 8. The molecule has 2 aromatic carbocycles. The molecule has 2 aliphatic rings. The summed E-state index contributed by atoms with van der Waals surface area (Å²) in [5.41, 5.74) is 9.85. The van der Waals surface area contributed by atoms with Crippen molar-refractivity contribution in [2.75, 3.05) is 30.3 Å². The number of pyridine rings is 1. The fraction of sp³-hybridized carbons (Fsp3) is 0.393. The zero-order chi connectivity index (χ0) is 28.1. The number of carbonyl (C=O) groups is 2. The lowest BCUT2D eigenvalue weighted by atomic mass is 9.89. The lowest BCUT2D eigenvalue weighted by Gasteiger charge is -2.28. The molecule has 206 valence electrons. The maximum atomic E-state index is 16.1. The number of halogens is 2. The molecule has 39 heavy (non-hydrogen) atoms. The van der Waals surface area contributed by atoms with Crippen molar-refractivity contribution in [1.29, 1.82) is 0 Å². The molecule has 0 radical (unpaired) electrons. The Hall–Kier alpha value is -3.99. The average Bonchev–Trinajstić information content (AvgIpc) is 3.68. The smallest absolute Gasteiger partial charge is 0.341 e. The van der Waals surface area contributed by atoms with E-state index in [2.05, 4.69) is 5.32 Å². The number of aromatic nitrogens is 1. The summed E-state index contributed by atoms with van der Waals surface area (Å²) >= 11 is 0. The van der Waals surface area contributed by atoms with Gasteiger partial charge in [-0.25, -0.2) is 13.6 Å². The molecule has 2 fully saturated rings. The van der Waals surface area contributed by atoms with Crippen molar-refractivity contribution in [3.8, 4) is 0 Å². The molecule has 1 saturated carbocycles. The zero-order valence-electron chi connectivity index (χ0n) is 21.5. The van der Waals surface area contributed by atoms with Gasteiger partial charge in [0.15, 0.2) is 11.6 Å². The topological polar surface area (TPSA) is 144 Å². The van der Waals surface area contributed by atoms with Crippen molar-refractivity contribution < 1.29 is 23.5 Å². The van der Waals surface area contributed by atoms with Crippen LogP contribution in [0.25, 0.3) is 10.9 Å². The normalized spacial score (nSPS) is 19.8. The van der Waals surface area contributed by atoms with E-state index >= 15 is 8.78 Å². The van der Waals surface area contributed by atoms with E-state index < -0.39 is 51.1 Å². The van der Waals surface area contributed by atoms with Gasteiger partial charge in [0, 0.05) is 37.3 Å². The van der Waals surface area contributed by atoms with E-state index in [0.717, 1.165) is 11.8 Å². The largest absolute Gasteiger partial charge is 0.477 e. The molecule has 3 aromatic rings. The molecule has 2 heterocycles. The number of amides is 1. The van der Waals surface area contributed by atoms with Gasteiger partial charge >= 0.3 is 5.97 Å². The number of nitrogens with one attached hydrogen (secondary N) is 1. The molecule has 1 aliphatic carbocycles. The third-order valence-electron chi connectivity index (χ3n) is 7.73. The minimum Gasteiger partial charge on any atom is -0.477 e. The quantitative estimate of drug-likeness (QED) is 0.322. The van der Waals surface area contributed by atoms with Gasteiger partial charge in [-0.1, -0.05) is 37.3 Å². The van der Waals surface area contributed by atoms with Crippen LogP contribution in [-0.2, 0) is 11.2 Å². The highest BCUT2D eigenvalue weighted by Crippen LogP contribution is 2.43. The Morgan fingerprint density at radius 3 is 2.54 bits per heavy atom. The Morgan fingerprint density at radius 1 is 1.21 bits per heavy atom. The SMILES string of the molecule is C[C@@]1(CNC(=O)[C@@H](N)Cc2ccccc2)CCN(c2c(F)c(N)c3c(=O)c(C(=O)O)cn(C4CC4)c3c2F)C1. The number of carboxylic acids is 1. The highest BCUT2D eigenvalue weighted by molar-refractivity contribution is 5.99. The number of nitrogens with two attached hydrogens (primary N) is 2. The molecule has 0 bridgehead atoms. The molecule has 1 aromatic heterocycles. The first kappa shape index (κ1) is 26.6. The third kappa shape index (κ3) is 4.94. The van der Waals surface area contributed by atoms with E-state index in [1.807, 2.05) is 37.3 Å². The summed E-state index contributed by atoms with van der Waals surface area (Å²) in [5.74, 6) is -3.84. The van der Waals surface area contributed by atoms with Crippen LogP contribution in [0.15, 0.2) is 41.3 Å². The fourth-order valence-corrected chi connectivity index (χ4v) is 5.37. The van der Waals surface area contributed by atoms with E-state index in [0.29, 0.717) is 32.2 Å². The number of aromatic carboxylic acids is 1. The highest BCUT2D eigenvalue weighted by atomic mass is 19.1. The van der Waals surface area contributed by atoms with Crippen molar-refractivity contribution in [2.45, 2.75) is 44.7 Å². The first-order chi connectivity index (χ1) is 18.5. The Bertz CT molecular complexity index is 1520. The van der Waals surface area contributed by atoms with Gasteiger partial charge in [-0.2, -0.15) is 0 Å². The number of benzene rings is 2. The van der Waals surface area contributed by atoms with Crippen molar-refractivity contribution in [3.05, 3.63) is 69.5 Å². The second-order valence-electron chi connectivity index (χ2n) is 10.9. The molecule has 1 saturated heterocycles. The van der Waals surface area contributed by atoms with Gasteiger partial charge in [-0.3, -0.25) is 9.59 Å². The summed E-state index contributed by atoms with van der Waals surface area (Å²) in [4.78, 5) is 38.7. The zero-order valence-corrected chi connectivity index (χ0v) is 21.5. The van der Waals surface area contributed by atoms with Crippen molar-refractivity contribution in [2.24, 2.45) is 11.1 Å². The van der Waals surface area contributed by atoms with Gasteiger partial charge in [0.25, 0.3) is 0 Å². The number of hydrogen-bond donors (Lipinski definition) is 4. The van der Waals surface area contributed by atoms with Gasteiger partial charge < -0.3 is 31.4 Å². The van der Waals surface area contributed by atoms with Crippen LogP contribution in [-0.4, -0.2) is 47.2 Å². The van der Waals surface area contributed by atoms with Crippen LogP contribution in [0.5, 0.6) is 0 Å². The number of hydrogen-bond acceptors (Lipinski definition) is 6. The Kier molecular flexibility index (Phi) is 6.79. The number of carbonyl (C=O) groups excluding carboxylic acids is 1. The number of nitrogens with zero attached hydrogens (tertiary/aromatic N) is 2. The van der Waals surface area contributed by atoms with Crippen LogP contribution in [0.3, 0.4) is 0 Å². The minimum atomic E-state index is -1.48. The van der Waals surface area contributed by atoms with Crippen LogP contribution in [0.4, 0.5) is 20.2 Å². The van der Waals surface area contributed by atoms with E-state index in [1.165, 1.54) is 9.47 Å². The lowest BCUT2D eigenvalue weighted by molar-refractivity contribution is -0.122. The van der Waals surface area contributed by atoms with Crippen LogP contribution >= 0.6 is 0 Å². The van der Waals surface area contributed by atoms with Gasteiger partial charge in [0.05, 0.1) is 22.6 Å². The monoisotopic (exact) mass is 539 g/mol. The minimum absolute atomic E-state index is 0.185. The molecule has 0 spiro atoms. The Labute approximate surface area is 223 Å². The molecule has 2 atom stereocenters. The molecule has 6 N–H and O–H groups in total. The van der Waals surface area contributed by atoms with Crippen molar-refractivity contribution in [3.63, 3.8) is 0 Å². The Balaban J connectivity index is 1.40. The first-order valence-electron chi connectivity index (χ1n) is 12.9. The predicted octanol–water partition coefficient (Wildman–Crippen LogP) is 2.80. The van der Waals surface area contributed by atoms with Gasteiger partial charge in [0.1, 0.15) is 11.3 Å². The summed E-state index contributed by atoms with van der Waals surface area (Å²) in [6.07, 6.45) is 3.39. The van der Waals surface area contributed by atoms with Crippen molar-refractivity contribution >= 4 is 34.2 Å². The van der Waals surface area contributed by atoms with E-state index in [-0.39, 0.29) is 36.2 Å². The molecular formula is C28H31F2N5O4. The van der Waals surface area contributed by atoms with E-state index in [9.17, 15) is 19.5 Å². The van der Waals surface area contributed by atoms with Crippen LogP contribution < -0.4 is 27.1 Å². The van der Waals surface area contributed by atoms with E-state index in [1.54, 1.807) is 0 Å².